The molecular weight excluding hydrogens is 551 g/mol. The molecule has 210 valence electrons. The highest BCUT2D eigenvalue weighted by Crippen LogP contribution is 2.41. The Labute approximate surface area is 228 Å². The Morgan fingerprint density at radius 3 is 2.22 bits per heavy atom. The maximum Gasteiger partial charge on any atom is 0.417 e. The fourth-order valence-electron chi connectivity index (χ4n) is 3.68. The Bertz CT molecular complexity index is 1660. The normalized spacial score (nSPS) is 10.7. The second-order valence-corrected chi connectivity index (χ2v) is 8.16. The molecule has 0 aliphatic rings. The van der Waals surface area contributed by atoms with Gasteiger partial charge in [0.2, 0.25) is 5.91 Å². The Morgan fingerprint density at radius 2 is 1.66 bits per heavy atom. The van der Waals surface area contributed by atoms with E-state index < -0.39 is 74.9 Å². The van der Waals surface area contributed by atoms with Crippen LogP contribution in [0.2, 0.25) is 0 Å². The van der Waals surface area contributed by atoms with Gasteiger partial charge in [0.05, 0.1) is 35.6 Å². The van der Waals surface area contributed by atoms with E-state index in [1.807, 2.05) is 0 Å². The first-order valence-corrected chi connectivity index (χ1v) is 11.1. The summed E-state index contributed by atoms with van der Waals surface area (Å²) in [6.45, 7) is 0. The number of hydrogen-bond acceptors (Lipinski definition) is 8. The number of aromatic hydroxyl groups is 1. The fourth-order valence-corrected chi connectivity index (χ4v) is 3.68. The monoisotopic (exact) mass is 569 g/mol. The molecule has 12 nitrogen and oxygen atoms in total. The van der Waals surface area contributed by atoms with E-state index in [1.165, 1.54) is 6.07 Å². The molecule has 0 saturated carbocycles. The van der Waals surface area contributed by atoms with Crippen LogP contribution >= 0.6 is 0 Å². The maximum absolute atomic E-state index is 14.0. The van der Waals surface area contributed by atoms with Crippen LogP contribution < -0.4 is 16.4 Å². The third kappa shape index (κ3) is 6.40. The lowest BCUT2D eigenvalue weighted by Gasteiger charge is -2.18. The van der Waals surface area contributed by atoms with Crippen LogP contribution in [0.25, 0.3) is 11.1 Å². The van der Waals surface area contributed by atoms with Crippen molar-refractivity contribution in [3.05, 3.63) is 76.3 Å². The van der Waals surface area contributed by atoms with Crippen molar-refractivity contribution in [3.63, 3.8) is 0 Å². The Kier molecular flexibility index (Phi) is 8.28. The smallest absolute Gasteiger partial charge is 0.417 e. The summed E-state index contributed by atoms with van der Waals surface area (Å²) >= 11 is 0. The number of phenolic OH excluding ortho intramolecular Hbond substituents is 1. The van der Waals surface area contributed by atoms with Crippen molar-refractivity contribution in [1.82, 2.24) is 0 Å². The van der Waals surface area contributed by atoms with Crippen LogP contribution in [-0.4, -0.2) is 46.9 Å². The van der Waals surface area contributed by atoms with Crippen molar-refractivity contribution < 1.29 is 47.3 Å². The largest absolute Gasteiger partial charge is 0.507 e. The highest BCUT2D eigenvalue weighted by atomic mass is 19.4. The molecule has 0 atom stereocenters. The number of primary amides is 1. The number of carboxylic acids is 1. The molecule has 0 heterocycles. The van der Waals surface area contributed by atoms with E-state index in [2.05, 4.69) is 15.4 Å². The molecule has 0 spiro atoms. The molecule has 0 saturated heterocycles. The molecule has 0 aliphatic carbocycles. The summed E-state index contributed by atoms with van der Waals surface area (Å²) in [5, 5.41) is 41.4. The summed E-state index contributed by atoms with van der Waals surface area (Å²) in [4.78, 5) is 48.0. The van der Waals surface area contributed by atoms with Gasteiger partial charge in [-0.15, -0.1) is 0 Å². The van der Waals surface area contributed by atoms with Crippen LogP contribution in [0.4, 0.5) is 29.3 Å². The molecular formula is C26H18F3N5O7. The SMILES string of the molecule is COC(=O)Nc1ccc(-c2cc(O)c(C(=N)C(=O)Nc3ccc(C#N)cc3C(=O)O)cc2C(N)=O)c(C(F)(F)F)c1. The summed E-state index contributed by atoms with van der Waals surface area (Å²) in [5.41, 5.74) is -0.354. The van der Waals surface area contributed by atoms with Crippen LogP contribution in [-0.2, 0) is 15.7 Å². The van der Waals surface area contributed by atoms with Gasteiger partial charge in [-0.25, -0.2) is 9.59 Å². The van der Waals surface area contributed by atoms with Crippen molar-refractivity contribution in [3.8, 4) is 22.9 Å². The molecule has 7 N–H and O–H groups in total. The Balaban J connectivity index is 2.09. The van der Waals surface area contributed by atoms with Crippen LogP contribution in [0.5, 0.6) is 5.75 Å². The fraction of sp³-hybridized carbons (Fsp3) is 0.0769. The van der Waals surface area contributed by atoms with E-state index in [-0.39, 0.29) is 16.9 Å². The average Bonchev–Trinajstić information content (AvgIpc) is 2.91. The minimum Gasteiger partial charge on any atom is -0.507 e. The molecule has 0 bridgehead atoms. The first kappa shape index (κ1) is 29.6. The Morgan fingerprint density at radius 1 is 0.976 bits per heavy atom. The van der Waals surface area contributed by atoms with E-state index in [1.54, 1.807) is 6.07 Å². The summed E-state index contributed by atoms with van der Waals surface area (Å²) in [6.07, 6.45) is -6.05. The van der Waals surface area contributed by atoms with Gasteiger partial charge in [-0.3, -0.25) is 20.3 Å². The van der Waals surface area contributed by atoms with Gasteiger partial charge >= 0.3 is 18.2 Å². The number of halogens is 3. The number of carbonyl (C=O) groups is 4. The number of phenols is 1. The first-order valence-electron chi connectivity index (χ1n) is 11.1. The number of aromatic carboxylic acids is 1. The lowest BCUT2D eigenvalue weighted by atomic mass is 9.91. The second-order valence-electron chi connectivity index (χ2n) is 8.16. The number of nitrogens with zero attached hydrogens (tertiary/aromatic N) is 1. The lowest BCUT2D eigenvalue weighted by molar-refractivity contribution is -0.137. The molecule has 0 radical (unpaired) electrons. The van der Waals surface area contributed by atoms with Gasteiger partial charge < -0.3 is 26.0 Å². The molecule has 3 amide bonds. The maximum atomic E-state index is 14.0. The lowest BCUT2D eigenvalue weighted by Crippen LogP contribution is -2.25. The van der Waals surface area contributed by atoms with Crippen molar-refractivity contribution >= 4 is 41.0 Å². The number of benzene rings is 3. The van der Waals surface area contributed by atoms with Crippen LogP contribution in [0.1, 0.15) is 37.4 Å². The number of ether oxygens (including phenoxy) is 1. The molecule has 0 aromatic heterocycles. The van der Waals surface area contributed by atoms with E-state index in [0.717, 1.165) is 37.4 Å². The second kappa shape index (κ2) is 11.5. The zero-order chi connectivity index (χ0) is 30.6. The minimum absolute atomic E-state index is 0.0258. The molecule has 0 unspecified atom stereocenters. The van der Waals surface area contributed by atoms with Crippen LogP contribution in [0.3, 0.4) is 0 Å². The van der Waals surface area contributed by atoms with Gasteiger partial charge in [0.1, 0.15) is 11.5 Å². The van der Waals surface area contributed by atoms with E-state index >= 15 is 0 Å². The highest BCUT2D eigenvalue weighted by Gasteiger charge is 2.35. The number of rotatable bonds is 7. The number of nitrogens with two attached hydrogens (primary N) is 1. The predicted molar refractivity (Wildman–Crippen MR) is 137 cm³/mol. The molecule has 0 fully saturated rings. The first-order chi connectivity index (χ1) is 19.2. The van der Waals surface area contributed by atoms with Crippen molar-refractivity contribution in [2.45, 2.75) is 6.18 Å². The number of hydrogen-bond donors (Lipinski definition) is 6. The number of alkyl halides is 3. The van der Waals surface area contributed by atoms with Gasteiger partial charge in [0, 0.05) is 16.8 Å². The Hall–Kier alpha value is -5.91. The number of nitrogens with one attached hydrogen (secondary N) is 3. The quantitative estimate of drug-likeness (QED) is 0.229. The number of methoxy groups -OCH3 is 1. The van der Waals surface area contributed by atoms with E-state index in [9.17, 15) is 42.6 Å². The van der Waals surface area contributed by atoms with Gasteiger partial charge in [0.15, 0.2) is 0 Å². The third-order valence-electron chi connectivity index (χ3n) is 5.57. The standard InChI is InChI=1S/C26H18F3N5O7/c1-41-25(40)33-12-3-4-13(18(7-12)26(27,28)29)14-9-20(35)17(8-15(14)22(32)36)21(31)23(37)34-19-5-2-11(10-30)6-16(19)24(38)39/h2-9,31,35H,1H3,(H2,32,36)(H,33,40)(H,34,37)(H,38,39). The van der Waals surface area contributed by atoms with Gasteiger partial charge in [-0.1, -0.05) is 6.07 Å². The highest BCUT2D eigenvalue weighted by molar-refractivity contribution is 6.48. The predicted octanol–water partition coefficient (Wildman–Crippen LogP) is 3.93. The number of anilines is 2. The number of carbonyl (C=O) groups excluding carboxylic acids is 3. The minimum atomic E-state index is -5.01. The van der Waals surface area contributed by atoms with E-state index in [4.69, 9.17) is 16.4 Å². The molecule has 41 heavy (non-hydrogen) atoms. The molecule has 3 aromatic carbocycles. The molecule has 15 heteroatoms. The van der Waals surface area contributed by atoms with Gasteiger partial charge in [-0.2, -0.15) is 18.4 Å². The number of nitriles is 1. The van der Waals surface area contributed by atoms with Crippen molar-refractivity contribution in [1.29, 1.82) is 10.7 Å². The number of amides is 3. The third-order valence-corrected chi connectivity index (χ3v) is 5.57. The molecule has 0 aliphatic heterocycles. The van der Waals surface area contributed by atoms with Gasteiger partial charge in [0.25, 0.3) is 5.91 Å². The summed E-state index contributed by atoms with van der Waals surface area (Å²) in [7, 11) is 1.01. The van der Waals surface area contributed by atoms with E-state index in [0.29, 0.717) is 12.1 Å². The van der Waals surface area contributed by atoms with Crippen LogP contribution in [0, 0.1) is 16.7 Å². The zero-order valence-corrected chi connectivity index (χ0v) is 20.7. The average molecular weight is 569 g/mol. The summed E-state index contributed by atoms with van der Waals surface area (Å²) < 4.78 is 46.2. The van der Waals surface area contributed by atoms with Gasteiger partial charge in [-0.05, 0) is 53.6 Å². The molecule has 3 aromatic rings. The summed E-state index contributed by atoms with van der Waals surface area (Å²) in [6, 6.07) is 9.01. The molecule has 3 rings (SSSR count). The van der Waals surface area contributed by atoms with Crippen molar-refractivity contribution in [2.24, 2.45) is 5.73 Å². The summed E-state index contributed by atoms with van der Waals surface area (Å²) in [5.74, 6) is -4.90. The van der Waals surface area contributed by atoms with Crippen molar-refractivity contribution in [2.75, 3.05) is 17.7 Å². The van der Waals surface area contributed by atoms with Crippen LogP contribution in [0.15, 0.2) is 48.5 Å². The topological polar surface area (TPSA) is 216 Å². The number of carboxylic acid groups (broad SMARTS) is 1. The zero-order valence-electron chi connectivity index (χ0n) is 20.7.